The van der Waals surface area contributed by atoms with Gasteiger partial charge < -0.3 is 14.6 Å². The molecule has 0 fully saturated rings. The number of carboxylic acids is 1. The third-order valence-corrected chi connectivity index (χ3v) is 7.42. The molecule has 2 aromatic carbocycles. The maximum absolute atomic E-state index is 12.0. The largest absolute Gasteiger partial charge is 1.00 e. The number of hydrogen-bond acceptors (Lipinski definition) is 3. The van der Waals surface area contributed by atoms with E-state index in [9.17, 15) is 9.90 Å². The minimum absolute atomic E-state index is 0. The normalized spacial score (nSPS) is 11.8. The molecule has 3 nitrogen and oxygen atoms in total. The van der Waals surface area contributed by atoms with Crippen LogP contribution in [0.1, 0.15) is 137 Å². The summed E-state index contributed by atoms with van der Waals surface area (Å²) in [6, 6.07) is 11.7. The molecule has 1 aliphatic rings. The van der Waals surface area contributed by atoms with Crippen LogP contribution in [-0.4, -0.2) is 5.97 Å². The van der Waals surface area contributed by atoms with E-state index in [4.69, 9.17) is 4.74 Å². The van der Waals surface area contributed by atoms with Gasteiger partial charge in [-0.15, -0.1) is 0 Å². The van der Waals surface area contributed by atoms with Crippen LogP contribution in [0.15, 0.2) is 36.4 Å². The van der Waals surface area contributed by atoms with Gasteiger partial charge in [-0.05, 0) is 36.1 Å². The maximum Gasteiger partial charge on any atom is 1.00 e. The van der Waals surface area contributed by atoms with E-state index >= 15 is 0 Å². The summed E-state index contributed by atoms with van der Waals surface area (Å²) in [6.45, 7) is 2.28. The summed E-state index contributed by atoms with van der Waals surface area (Å²) in [5.74, 6) is 0.379. The topological polar surface area (TPSA) is 49.4 Å². The first-order valence-corrected chi connectivity index (χ1v) is 14.3. The van der Waals surface area contributed by atoms with Crippen molar-refractivity contribution < 1.29 is 44.2 Å². The number of para-hydroxylation sites is 1. The number of aryl methyl sites for hydroxylation is 1. The number of benzene rings is 2. The Kier molecular flexibility index (Phi) is 15.5. The quantitative estimate of drug-likeness (QED) is 0.170. The summed E-state index contributed by atoms with van der Waals surface area (Å²) in [7, 11) is 0. The molecule has 2 aromatic rings. The molecule has 192 valence electrons. The van der Waals surface area contributed by atoms with Gasteiger partial charge in [0.1, 0.15) is 11.5 Å². The molecule has 3 rings (SSSR count). The van der Waals surface area contributed by atoms with Crippen molar-refractivity contribution in [1.82, 2.24) is 0 Å². The van der Waals surface area contributed by atoms with Gasteiger partial charge in [0.05, 0.1) is 5.97 Å². The van der Waals surface area contributed by atoms with Crippen molar-refractivity contribution in [2.24, 2.45) is 0 Å². The number of unbranched alkanes of at least 4 members (excludes halogenated alkanes) is 15. The fraction of sp³-hybridized carbons (Fsp3) is 0.594. The number of carbonyl (C=O) groups is 1. The molecule has 0 amide bonds. The summed E-state index contributed by atoms with van der Waals surface area (Å²) in [6.07, 6.45) is 22.8. The first-order chi connectivity index (χ1) is 17.2. The van der Waals surface area contributed by atoms with Crippen LogP contribution < -0.4 is 39.4 Å². The average Bonchev–Trinajstić information content (AvgIpc) is 2.86. The van der Waals surface area contributed by atoms with Crippen LogP contribution in [0, 0.1) is 0 Å². The van der Waals surface area contributed by atoms with Crippen molar-refractivity contribution in [3.05, 3.63) is 58.7 Å². The molecule has 0 unspecified atom stereocenters. The first kappa shape index (κ1) is 30.9. The molecule has 0 bridgehead atoms. The summed E-state index contributed by atoms with van der Waals surface area (Å²) in [4.78, 5) is 12.0. The molecule has 36 heavy (non-hydrogen) atoms. The smallest absolute Gasteiger partial charge is 0.545 e. The zero-order valence-electron chi connectivity index (χ0n) is 22.9. The summed E-state index contributed by atoms with van der Waals surface area (Å²) in [5.41, 5.74) is 3.02. The number of aromatic carboxylic acids is 1. The van der Waals surface area contributed by atoms with Crippen LogP contribution in [0.4, 0.5) is 0 Å². The van der Waals surface area contributed by atoms with Crippen LogP contribution in [0.5, 0.6) is 11.5 Å². The Morgan fingerprint density at radius 2 is 1.25 bits per heavy atom. The third-order valence-electron chi connectivity index (χ3n) is 7.42. The van der Waals surface area contributed by atoms with Gasteiger partial charge in [-0.2, -0.15) is 0 Å². The zero-order chi connectivity index (χ0) is 24.7. The second kappa shape index (κ2) is 18.0. The van der Waals surface area contributed by atoms with Crippen molar-refractivity contribution in [1.29, 1.82) is 0 Å². The van der Waals surface area contributed by atoms with Crippen molar-refractivity contribution >= 4 is 5.97 Å². The number of carbonyl (C=O) groups excluding carboxylic acids is 1. The molecule has 1 aliphatic heterocycles. The van der Waals surface area contributed by atoms with E-state index in [2.05, 4.69) is 6.92 Å². The van der Waals surface area contributed by atoms with E-state index in [1.807, 2.05) is 36.4 Å². The van der Waals surface area contributed by atoms with Gasteiger partial charge in [-0.3, -0.25) is 0 Å². The van der Waals surface area contributed by atoms with Crippen molar-refractivity contribution in [2.75, 3.05) is 0 Å². The van der Waals surface area contributed by atoms with Crippen LogP contribution in [0.3, 0.4) is 0 Å². The Bertz CT molecular complexity index is 908. The maximum atomic E-state index is 12.0. The molecular formula is C32H45NaO3. The second-order valence-corrected chi connectivity index (χ2v) is 10.3. The van der Waals surface area contributed by atoms with E-state index in [0.717, 1.165) is 41.7 Å². The minimum Gasteiger partial charge on any atom is -0.545 e. The molecule has 0 aliphatic carbocycles. The Balaban J connectivity index is 0.00000456. The van der Waals surface area contributed by atoms with Crippen molar-refractivity contribution in [3.63, 3.8) is 0 Å². The Morgan fingerprint density at radius 1 is 0.722 bits per heavy atom. The third kappa shape index (κ3) is 10.2. The van der Waals surface area contributed by atoms with Gasteiger partial charge in [-0.25, -0.2) is 0 Å². The van der Waals surface area contributed by atoms with Gasteiger partial charge in [0.25, 0.3) is 0 Å². The molecule has 0 saturated heterocycles. The number of ether oxygens (including phenoxy) is 1. The van der Waals surface area contributed by atoms with Crippen molar-refractivity contribution in [2.45, 2.75) is 122 Å². The molecule has 0 saturated carbocycles. The van der Waals surface area contributed by atoms with Crippen LogP contribution in [0.2, 0.25) is 0 Å². The molecule has 0 radical (unpaired) electrons. The summed E-state index contributed by atoms with van der Waals surface area (Å²) < 4.78 is 5.97. The average molecular weight is 501 g/mol. The van der Waals surface area contributed by atoms with Gasteiger partial charge >= 0.3 is 29.6 Å². The van der Waals surface area contributed by atoms with Gasteiger partial charge in [0.15, 0.2) is 0 Å². The van der Waals surface area contributed by atoms with E-state index < -0.39 is 5.97 Å². The number of carboxylic acid groups (broad SMARTS) is 1. The Hall–Kier alpha value is -1.29. The standard InChI is InChI=1S/C32H46O3.Na/c1-2-3-4-5-6-7-8-9-10-11-12-13-14-15-16-17-20-26-23-24-30-28(31(26)32(33)34)25-27-21-18-19-22-29(27)35-30;/h18-19,21-24H,2-17,20,25H2,1H3,(H,33,34);/q;+1/p-1. The van der Waals surface area contributed by atoms with E-state index in [-0.39, 0.29) is 29.6 Å². The van der Waals surface area contributed by atoms with Crippen molar-refractivity contribution in [3.8, 4) is 11.5 Å². The van der Waals surface area contributed by atoms with Crippen LogP contribution in [-0.2, 0) is 12.8 Å². The molecule has 4 heteroatoms. The van der Waals surface area contributed by atoms with E-state index in [1.54, 1.807) is 0 Å². The van der Waals surface area contributed by atoms with Gasteiger partial charge in [0, 0.05) is 17.5 Å². The predicted molar refractivity (Wildman–Crippen MR) is 143 cm³/mol. The summed E-state index contributed by atoms with van der Waals surface area (Å²) >= 11 is 0. The Morgan fingerprint density at radius 3 is 1.81 bits per heavy atom. The molecule has 1 heterocycles. The minimum atomic E-state index is -1.09. The summed E-state index contributed by atoms with van der Waals surface area (Å²) in [5, 5.41) is 12.0. The molecule has 0 spiro atoms. The van der Waals surface area contributed by atoms with Gasteiger partial charge in [0.2, 0.25) is 0 Å². The fourth-order valence-corrected chi connectivity index (χ4v) is 5.33. The molecule has 0 atom stereocenters. The Labute approximate surface area is 241 Å². The number of hydrogen-bond donors (Lipinski definition) is 0. The predicted octanol–water partition coefficient (Wildman–Crippen LogP) is 5.55. The molecule has 0 N–H and O–H groups in total. The van der Waals surface area contributed by atoms with Gasteiger partial charge in [-0.1, -0.05) is 128 Å². The molecular weight excluding hydrogens is 455 g/mol. The molecule has 0 aromatic heterocycles. The SMILES string of the molecule is CCCCCCCCCCCCCCCCCCc1ccc2c(c1C(=O)[O-])Cc1ccccc1O2.[Na+]. The zero-order valence-corrected chi connectivity index (χ0v) is 24.9. The van der Waals surface area contributed by atoms with Crippen LogP contribution in [0.25, 0.3) is 0 Å². The second-order valence-electron chi connectivity index (χ2n) is 10.3. The van der Waals surface area contributed by atoms with E-state index in [1.165, 1.54) is 89.9 Å². The van der Waals surface area contributed by atoms with E-state index in [0.29, 0.717) is 17.7 Å². The van der Waals surface area contributed by atoms with Crippen LogP contribution >= 0.6 is 0 Å². The number of fused-ring (bicyclic) bond motifs is 2. The number of rotatable bonds is 18. The monoisotopic (exact) mass is 500 g/mol. The fourth-order valence-electron chi connectivity index (χ4n) is 5.33. The first-order valence-electron chi connectivity index (χ1n) is 14.3.